The second kappa shape index (κ2) is 10.5. The van der Waals surface area contributed by atoms with Gasteiger partial charge in [0.05, 0.1) is 6.61 Å². The number of carbonyl (C=O) groups excluding carboxylic acids is 1. The minimum atomic E-state index is -0.0703. The maximum atomic E-state index is 11.9. The lowest BCUT2D eigenvalue weighted by atomic mass is 10.1. The van der Waals surface area contributed by atoms with Crippen molar-refractivity contribution in [3.05, 3.63) is 29.8 Å². The van der Waals surface area contributed by atoms with Crippen molar-refractivity contribution in [1.82, 2.24) is 5.32 Å². The monoisotopic (exact) mass is 314 g/mol. The molecule has 1 aromatic rings. The molecule has 0 saturated heterocycles. The molecule has 0 radical (unpaired) electrons. The quantitative estimate of drug-likeness (QED) is 0.775. The van der Waals surface area contributed by atoms with Crippen LogP contribution in [0.15, 0.2) is 24.3 Å². The average molecular weight is 315 g/mol. The van der Waals surface area contributed by atoms with E-state index in [0.717, 1.165) is 12.2 Å². The lowest BCUT2D eigenvalue weighted by Gasteiger charge is -2.11. The molecule has 1 aromatic carbocycles. The smallest absolute Gasteiger partial charge is 0.251 e. The number of nitrogens with one attached hydrogen (secondary N) is 1. The van der Waals surface area contributed by atoms with Gasteiger partial charge in [0.2, 0.25) is 0 Å². The number of nitrogens with two attached hydrogens (primary N) is 1. The number of ether oxygens (including phenoxy) is 1. The zero-order chi connectivity index (χ0) is 15.0. The molecular weight excluding hydrogens is 288 g/mol. The number of hydrogen-bond donors (Lipinski definition) is 2. The molecule has 0 bridgehead atoms. The number of carbonyl (C=O) groups is 1. The first-order chi connectivity index (χ1) is 9.52. The van der Waals surface area contributed by atoms with E-state index in [1.807, 2.05) is 19.1 Å². The van der Waals surface area contributed by atoms with Crippen molar-refractivity contribution in [2.75, 3.05) is 19.7 Å². The summed E-state index contributed by atoms with van der Waals surface area (Å²) in [5.41, 5.74) is 6.16. The molecule has 4 nitrogen and oxygen atoms in total. The number of amides is 1. The van der Waals surface area contributed by atoms with Crippen molar-refractivity contribution in [3.8, 4) is 5.75 Å². The van der Waals surface area contributed by atoms with Gasteiger partial charge in [-0.1, -0.05) is 20.8 Å². The summed E-state index contributed by atoms with van der Waals surface area (Å²) >= 11 is 0. The third-order valence-electron chi connectivity index (χ3n) is 3.09. The van der Waals surface area contributed by atoms with Crippen LogP contribution in [0.3, 0.4) is 0 Å². The van der Waals surface area contributed by atoms with Gasteiger partial charge in [0.15, 0.2) is 0 Å². The molecule has 120 valence electrons. The van der Waals surface area contributed by atoms with Gasteiger partial charge in [0.25, 0.3) is 5.91 Å². The Labute approximate surface area is 133 Å². The molecule has 0 saturated carbocycles. The van der Waals surface area contributed by atoms with Crippen LogP contribution in [-0.4, -0.2) is 25.6 Å². The first-order valence-corrected chi connectivity index (χ1v) is 7.24. The Kier molecular flexibility index (Phi) is 9.84. The van der Waals surface area contributed by atoms with E-state index in [1.165, 1.54) is 0 Å². The summed E-state index contributed by atoms with van der Waals surface area (Å²) in [6.45, 7) is 8.21. The summed E-state index contributed by atoms with van der Waals surface area (Å²) in [6.07, 6.45) is 1.03. The van der Waals surface area contributed by atoms with E-state index in [-0.39, 0.29) is 24.2 Å². The van der Waals surface area contributed by atoms with Crippen LogP contribution in [-0.2, 0) is 0 Å². The van der Waals surface area contributed by atoms with Crippen LogP contribution in [0, 0.1) is 11.8 Å². The van der Waals surface area contributed by atoms with E-state index in [2.05, 4.69) is 19.2 Å². The standard InChI is InChI=1S/C16H26N2O2.ClH/c1-12(2)8-9-20-15-6-4-14(5-7-15)16(19)18-11-13(3)10-17;/h4-7,12-13H,8-11,17H2,1-3H3,(H,18,19);1H. The third kappa shape index (κ3) is 7.93. The summed E-state index contributed by atoms with van der Waals surface area (Å²) < 4.78 is 5.62. The van der Waals surface area contributed by atoms with Gasteiger partial charge in [-0.15, -0.1) is 12.4 Å². The van der Waals surface area contributed by atoms with Gasteiger partial charge in [-0.25, -0.2) is 0 Å². The van der Waals surface area contributed by atoms with Crippen molar-refractivity contribution in [2.45, 2.75) is 27.2 Å². The molecule has 1 amide bonds. The van der Waals surface area contributed by atoms with Crippen molar-refractivity contribution >= 4 is 18.3 Å². The molecular formula is C16H27ClN2O2. The molecule has 1 unspecified atom stereocenters. The van der Waals surface area contributed by atoms with Crippen LogP contribution < -0.4 is 15.8 Å². The maximum Gasteiger partial charge on any atom is 0.251 e. The lowest BCUT2D eigenvalue weighted by molar-refractivity contribution is 0.0948. The first kappa shape index (κ1) is 19.7. The molecule has 0 fully saturated rings. The molecule has 0 spiro atoms. The molecule has 5 heteroatoms. The van der Waals surface area contributed by atoms with Crippen molar-refractivity contribution in [1.29, 1.82) is 0 Å². The average Bonchev–Trinajstić information content (AvgIpc) is 2.44. The molecule has 0 heterocycles. The van der Waals surface area contributed by atoms with Crippen LogP contribution in [0.4, 0.5) is 0 Å². The Morgan fingerprint density at radius 3 is 2.38 bits per heavy atom. The summed E-state index contributed by atoms with van der Waals surface area (Å²) in [5, 5.41) is 2.87. The van der Waals surface area contributed by atoms with Crippen molar-refractivity contribution in [3.63, 3.8) is 0 Å². The minimum absolute atomic E-state index is 0. The molecule has 21 heavy (non-hydrogen) atoms. The molecule has 0 aliphatic carbocycles. The summed E-state index contributed by atoms with van der Waals surface area (Å²) in [6, 6.07) is 7.24. The minimum Gasteiger partial charge on any atom is -0.494 e. The van der Waals surface area contributed by atoms with E-state index >= 15 is 0 Å². The lowest BCUT2D eigenvalue weighted by Crippen LogP contribution is -2.31. The highest BCUT2D eigenvalue weighted by Crippen LogP contribution is 2.13. The van der Waals surface area contributed by atoms with Gasteiger partial charge in [0, 0.05) is 12.1 Å². The van der Waals surface area contributed by atoms with Crippen LogP contribution in [0.1, 0.15) is 37.6 Å². The zero-order valence-corrected chi connectivity index (χ0v) is 13.9. The molecule has 3 N–H and O–H groups in total. The van der Waals surface area contributed by atoms with Gasteiger partial charge >= 0.3 is 0 Å². The first-order valence-electron chi connectivity index (χ1n) is 7.24. The normalized spacial score (nSPS) is 11.7. The predicted octanol–water partition coefficient (Wildman–Crippen LogP) is 2.86. The predicted molar refractivity (Wildman–Crippen MR) is 89.2 cm³/mol. The summed E-state index contributed by atoms with van der Waals surface area (Å²) in [4.78, 5) is 11.9. The van der Waals surface area contributed by atoms with Crippen LogP contribution >= 0.6 is 12.4 Å². The Hall–Kier alpha value is -1.26. The number of halogens is 1. The molecule has 0 aliphatic heterocycles. The number of hydrogen-bond acceptors (Lipinski definition) is 3. The van der Waals surface area contributed by atoms with Gasteiger partial charge in [-0.05, 0) is 49.1 Å². The van der Waals surface area contributed by atoms with Crippen molar-refractivity contribution < 1.29 is 9.53 Å². The molecule has 1 atom stereocenters. The second-order valence-corrected chi connectivity index (χ2v) is 5.61. The Bertz CT molecular complexity index is 407. The fourth-order valence-corrected chi connectivity index (χ4v) is 1.57. The Morgan fingerprint density at radius 2 is 1.86 bits per heavy atom. The summed E-state index contributed by atoms with van der Waals surface area (Å²) in [5.74, 6) is 1.65. The zero-order valence-electron chi connectivity index (χ0n) is 13.1. The fraction of sp³-hybridized carbons (Fsp3) is 0.562. The van der Waals surface area contributed by atoms with Gasteiger partial charge in [0.1, 0.15) is 5.75 Å². The Balaban J connectivity index is 0.00000400. The van der Waals surface area contributed by atoms with Gasteiger partial charge in [-0.3, -0.25) is 4.79 Å². The third-order valence-corrected chi connectivity index (χ3v) is 3.09. The molecule has 1 rings (SSSR count). The van der Waals surface area contributed by atoms with E-state index in [9.17, 15) is 4.79 Å². The van der Waals surface area contributed by atoms with E-state index in [4.69, 9.17) is 10.5 Å². The van der Waals surface area contributed by atoms with E-state index in [1.54, 1.807) is 12.1 Å². The summed E-state index contributed by atoms with van der Waals surface area (Å²) in [7, 11) is 0. The van der Waals surface area contributed by atoms with Gasteiger partial charge < -0.3 is 15.8 Å². The highest BCUT2D eigenvalue weighted by Gasteiger charge is 2.07. The molecule has 0 aliphatic rings. The largest absolute Gasteiger partial charge is 0.494 e. The fourth-order valence-electron chi connectivity index (χ4n) is 1.57. The van der Waals surface area contributed by atoms with Crippen LogP contribution in [0.5, 0.6) is 5.75 Å². The molecule has 0 aromatic heterocycles. The highest BCUT2D eigenvalue weighted by atomic mass is 35.5. The van der Waals surface area contributed by atoms with Crippen LogP contribution in [0.25, 0.3) is 0 Å². The SMILES string of the molecule is CC(C)CCOc1ccc(C(=O)NCC(C)CN)cc1.Cl. The van der Waals surface area contributed by atoms with Crippen molar-refractivity contribution in [2.24, 2.45) is 17.6 Å². The second-order valence-electron chi connectivity index (χ2n) is 5.61. The van der Waals surface area contributed by atoms with Gasteiger partial charge in [-0.2, -0.15) is 0 Å². The Morgan fingerprint density at radius 1 is 1.24 bits per heavy atom. The number of benzene rings is 1. The topological polar surface area (TPSA) is 64.3 Å². The van der Waals surface area contributed by atoms with Crippen LogP contribution in [0.2, 0.25) is 0 Å². The highest BCUT2D eigenvalue weighted by molar-refractivity contribution is 5.94. The maximum absolute atomic E-state index is 11.9. The van der Waals surface area contributed by atoms with E-state index < -0.39 is 0 Å². The van der Waals surface area contributed by atoms with E-state index in [0.29, 0.717) is 31.2 Å². The number of rotatable bonds is 8.